The fourth-order valence-electron chi connectivity index (χ4n) is 1.52. The Hall–Kier alpha value is -1.95. The van der Waals surface area contributed by atoms with Crippen molar-refractivity contribution in [3.63, 3.8) is 0 Å². The highest BCUT2D eigenvalue weighted by atomic mass is 79.9. The Labute approximate surface area is 117 Å². The fourth-order valence-corrected chi connectivity index (χ4v) is 1.88. The van der Waals surface area contributed by atoms with Crippen molar-refractivity contribution in [1.82, 2.24) is 0 Å². The van der Waals surface area contributed by atoms with Crippen molar-refractivity contribution in [1.29, 1.82) is 0 Å². The molecule has 0 heterocycles. The minimum Gasteiger partial charge on any atom is -0.450 e. The van der Waals surface area contributed by atoms with E-state index in [4.69, 9.17) is 4.74 Å². The van der Waals surface area contributed by atoms with Crippen LogP contribution in [0.5, 0.6) is 11.5 Å². The predicted octanol–water partition coefficient (Wildman–Crippen LogP) is 4.60. The monoisotopic (exact) mass is 325 g/mol. The first-order valence-electron chi connectivity index (χ1n) is 5.35. The molecule has 0 radical (unpaired) electrons. The van der Waals surface area contributed by atoms with Crippen LogP contribution in [0.2, 0.25) is 0 Å². The molecule has 4 nitrogen and oxygen atoms in total. The molecule has 0 amide bonds. The highest BCUT2D eigenvalue weighted by molar-refractivity contribution is 9.10. The van der Waals surface area contributed by atoms with Gasteiger partial charge in [0.15, 0.2) is 0 Å². The molecule has 0 aliphatic rings. The lowest BCUT2D eigenvalue weighted by atomic mass is 10.2. The maximum absolute atomic E-state index is 13.1. The summed E-state index contributed by atoms with van der Waals surface area (Å²) < 4.78 is 18.8. The summed E-state index contributed by atoms with van der Waals surface area (Å²) in [5.41, 5.74) is 0.702. The summed E-state index contributed by atoms with van der Waals surface area (Å²) in [7, 11) is 0. The molecule has 0 saturated heterocycles. The molecule has 98 valence electrons. The Kier molecular flexibility index (Phi) is 3.80. The Morgan fingerprint density at radius 2 is 2.00 bits per heavy atom. The van der Waals surface area contributed by atoms with Crippen molar-refractivity contribution in [3.05, 3.63) is 62.4 Å². The van der Waals surface area contributed by atoms with Crippen LogP contribution >= 0.6 is 15.9 Å². The Morgan fingerprint density at radius 1 is 1.26 bits per heavy atom. The second-order valence-electron chi connectivity index (χ2n) is 3.91. The Bertz CT molecular complexity index is 646. The maximum Gasteiger partial charge on any atom is 0.311 e. The van der Waals surface area contributed by atoms with Crippen LogP contribution in [0.15, 0.2) is 40.9 Å². The number of nitro groups is 1. The Morgan fingerprint density at radius 3 is 2.63 bits per heavy atom. The van der Waals surface area contributed by atoms with E-state index in [1.54, 1.807) is 19.1 Å². The van der Waals surface area contributed by atoms with Gasteiger partial charge < -0.3 is 4.74 Å². The predicted molar refractivity (Wildman–Crippen MR) is 72.0 cm³/mol. The van der Waals surface area contributed by atoms with Gasteiger partial charge in [-0.1, -0.05) is 6.07 Å². The number of rotatable bonds is 3. The van der Waals surface area contributed by atoms with Gasteiger partial charge in [0.05, 0.1) is 9.40 Å². The Balaban J connectivity index is 2.39. The molecule has 0 spiro atoms. The maximum atomic E-state index is 13.1. The van der Waals surface area contributed by atoms with Gasteiger partial charge in [-0.25, -0.2) is 4.39 Å². The molecule has 0 unspecified atom stereocenters. The number of nitrogens with zero attached hydrogens (tertiary/aromatic N) is 1. The molecule has 2 aromatic carbocycles. The van der Waals surface area contributed by atoms with Gasteiger partial charge in [-0.2, -0.15) is 0 Å². The standard InChI is InChI=1S/C13H9BrFNO3/c1-8-2-5-12(16(17)18)13(6-8)19-9-3-4-11(15)10(14)7-9/h2-7H,1H3. The van der Waals surface area contributed by atoms with E-state index in [2.05, 4.69) is 15.9 Å². The number of nitro benzene ring substituents is 1. The molecular weight excluding hydrogens is 317 g/mol. The van der Waals surface area contributed by atoms with Gasteiger partial charge in [0.25, 0.3) is 0 Å². The third-order valence-corrected chi connectivity index (χ3v) is 3.04. The molecule has 0 atom stereocenters. The second-order valence-corrected chi connectivity index (χ2v) is 4.76. The van der Waals surface area contributed by atoms with Crippen LogP contribution in [-0.2, 0) is 0 Å². The highest BCUT2D eigenvalue weighted by Gasteiger charge is 2.16. The van der Waals surface area contributed by atoms with Crippen LogP contribution in [0, 0.1) is 22.9 Å². The van der Waals surface area contributed by atoms with E-state index in [0.29, 0.717) is 5.75 Å². The summed E-state index contributed by atoms with van der Waals surface area (Å²) >= 11 is 3.03. The number of aryl methyl sites for hydroxylation is 1. The summed E-state index contributed by atoms with van der Waals surface area (Å²) in [4.78, 5) is 10.4. The molecule has 2 rings (SSSR count). The lowest BCUT2D eigenvalue weighted by molar-refractivity contribution is -0.385. The van der Waals surface area contributed by atoms with Crippen molar-refractivity contribution < 1.29 is 14.1 Å². The first kappa shape index (κ1) is 13.5. The van der Waals surface area contributed by atoms with Crippen LogP contribution in [0.4, 0.5) is 10.1 Å². The van der Waals surface area contributed by atoms with Gasteiger partial charge in [0, 0.05) is 6.07 Å². The van der Waals surface area contributed by atoms with Crippen molar-refractivity contribution in [2.75, 3.05) is 0 Å². The van der Waals surface area contributed by atoms with Crippen LogP contribution in [0.25, 0.3) is 0 Å². The number of ether oxygens (including phenoxy) is 1. The van der Waals surface area contributed by atoms with E-state index < -0.39 is 10.7 Å². The van der Waals surface area contributed by atoms with Crippen molar-refractivity contribution in [3.8, 4) is 11.5 Å². The lowest BCUT2D eigenvalue weighted by Gasteiger charge is -2.07. The molecule has 0 aliphatic carbocycles. The van der Waals surface area contributed by atoms with Crippen LogP contribution in [0.3, 0.4) is 0 Å². The first-order valence-corrected chi connectivity index (χ1v) is 6.14. The summed E-state index contributed by atoms with van der Waals surface area (Å²) in [5, 5.41) is 10.9. The quantitative estimate of drug-likeness (QED) is 0.612. The van der Waals surface area contributed by atoms with E-state index in [0.717, 1.165) is 5.56 Å². The minimum atomic E-state index is -0.520. The largest absolute Gasteiger partial charge is 0.450 e. The van der Waals surface area contributed by atoms with Crippen molar-refractivity contribution in [2.24, 2.45) is 0 Å². The lowest BCUT2D eigenvalue weighted by Crippen LogP contribution is -1.94. The van der Waals surface area contributed by atoms with E-state index in [9.17, 15) is 14.5 Å². The topological polar surface area (TPSA) is 52.4 Å². The number of benzene rings is 2. The van der Waals surface area contributed by atoms with Crippen molar-refractivity contribution >= 4 is 21.6 Å². The fraction of sp³-hybridized carbons (Fsp3) is 0.0769. The second kappa shape index (κ2) is 5.36. The summed E-state index contributed by atoms with van der Waals surface area (Å²) in [5.74, 6) is 0.0246. The minimum absolute atomic E-state index is 0.128. The zero-order chi connectivity index (χ0) is 14.0. The van der Waals surface area contributed by atoms with Gasteiger partial charge in [0.1, 0.15) is 11.6 Å². The van der Waals surface area contributed by atoms with Gasteiger partial charge in [-0.05, 0) is 52.7 Å². The highest BCUT2D eigenvalue weighted by Crippen LogP contribution is 2.33. The zero-order valence-corrected chi connectivity index (χ0v) is 11.5. The molecule has 0 aromatic heterocycles. The number of halogens is 2. The van der Waals surface area contributed by atoms with Gasteiger partial charge in [-0.15, -0.1) is 0 Å². The van der Waals surface area contributed by atoms with Crippen LogP contribution < -0.4 is 4.74 Å². The first-order chi connectivity index (χ1) is 8.97. The SMILES string of the molecule is Cc1ccc([N+](=O)[O-])c(Oc2ccc(F)c(Br)c2)c1. The van der Waals surface area contributed by atoms with E-state index >= 15 is 0 Å². The molecule has 2 aromatic rings. The number of hydrogen-bond donors (Lipinski definition) is 0. The average Bonchev–Trinajstić information content (AvgIpc) is 2.33. The summed E-state index contributed by atoms with van der Waals surface area (Å²) in [6, 6.07) is 8.62. The van der Waals surface area contributed by atoms with E-state index in [1.807, 2.05) is 0 Å². The summed E-state index contributed by atoms with van der Waals surface area (Å²) in [6.45, 7) is 1.80. The molecule has 0 bridgehead atoms. The van der Waals surface area contributed by atoms with E-state index in [1.165, 1.54) is 24.3 Å². The average molecular weight is 326 g/mol. The molecular formula is C13H9BrFNO3. The summed E-state index contributed by atoms with van der Waals surface area (Å²) in [6.07, 6.45) is 0. The van der Waals surface area contributed by atoms with Gasteiger partial charge in [0.2, 0.25) is 5.75 Å². The molecule has 0 aliphatic heterocycles. The third-order valence-electron chi connectivity index (χ3n) is 2.43. The van der Waals surface area contributed by atoms with Gasteiger partial charge >= 0.3 is 5.69 Å². The van der Waals surface area contributed by atoms with Crippen molar-refractivity contribution in [2.45, 2.75) is 6.92 Å². The van der Waals surface area contributed by atoms with Crippen LogP contribution in [-0.4, -0.2) is 4.92 Å². The van der Waals surface area contributed by atoms with Gasteiger partial charge in [-0.3, -0.25) is 10.1 Å². The molecule has 19 heavy (non-hydrogen) atoms. The normalized spacial score (nSPS) is 10.3. The molecule has 0 N–H and O–H groups in total. The third kappa shape index (κ3) is 3.08. The molecule has 0 saturated carbocycles. The van der Waals surface area contributed by atoms with Crippen LogP contribution in [0.1, 0.15) is 5.56 Å². The smallest absolute Gasteiger partial charge is 0.311 e. The molecule has 6 heteroatoms. The number of hydrogen-bond acceptors (Lipinski definition) is 3. The zero-order valence-electron chi connectivity index (χ0n) is 9.89. The molecule has 0 fully saturated rings. The van der Waals surface area contributed by atoms with E-state index in [-0.39, 0.29) is 15.9 Å².